The van der Waals surface area contributed by atoms with Crippen molar-refractivity contribution in [2.75, 3.05) is 11.4 Å². The first-order chi connectivity index (χ1) is 9.86. The molecule has 112 valence electrons. The minimum absolute atomic E-state index is 0.0573. The maximum Gasteiger partial charge on any atom is 0.328 e. The number of nitro benzene ring substituents is 1. The van der Waals surface area contributed by atoms with Crippen molar-refractivity contribution in [3.05, 3.63) is 52.6 Å². The quantitative estimate of drug-likeness (QED) is 0.361. The molecule has 1 aromatic carbocycles. The molecule has 0 aliphatic rings. The summed E-state index contributed by atoms with van der Waals surface area (Å²) in [5.74, 6) is -1.10. The highest BCUT2D eigenvalue weighted by molar-refractivity contribution is 5.85. The van der Waals surface area contributed by atoms with Crippen LogP contribution in [0.4, 0.5) is 11.4 Å². The SMILES string of the molecule is C=CCN(c1ccc(/C=C/C(=O)O)cc1[N+](=O)[O-])C(C)C. The monoisotopic (exact) mass is 290 g/mol. The highest BCUT2D eigenvalue weighted by atomic mass is 16.6. The molecule has 0 radical (unpaired) electrons. The molecule has 1 rings (SSSR count). The molecule has 0 aliphatic heterocycles. The van der Waals surface area contributed by atoms with Gasteiger partial charge in [-0.3, -0.25) is 10.1 Å². The molecule has 0 aromatic heterocycles. The van der Waals surface area contributed by atoms with Crippen molar-refractivity contribution in [2.24, 2.45) is 0 Å². The first-order valence-corrected chi connectivity index (χ1v) is 6.43. The molecule has 0 spiro atoms. The fourth-order valence-corrected chi connectivity index (χ4v) is 1.93. The molecule has 0 unspecified atom stereocenters. The average Bonchev–Trinajstić information content (AvgIpc) is 2.42. The number of rotatable bonds is 7. The van der Waals surface area contributed by atoms with Gasteiger partial charge in [0.2, 0.25) is 0 Å². The average molecular weight is 290 g/mol. The Bertz CT molecular complexity index is 579. The number of carboxylic acid groups (broad SMARTS) is 1. The van der Waals surface area contributed by atoms with E-state index in [1.54, 1.807) is 18.2 Å². The summed E-state index contributed by atoms with van der Waals surface area (Å²) in [7, 11) is 0. The van der Waals surface area contributed by atoms with Gasteiger partial charge < -0.3 is 10.0 Å². The second kappa shape index (κ2) is 7.23. The maximum absolute atomic E-state index is 11.3. The number of carbonyl (C=O) groups is 1. The van der Waals surface area contributed by atoms with Gasteiger partial charge in [-0.15, -0.1) is 6.58 Å². The third kappa shape index (κ3) is 4.45. The van der Waals surface area contributed by atoms with Gasteiger partial charge in [-0.25, -0.2) is 4.79 Å². The van der Waals surface area contributed by atoms with Gasteiger partial charge in [-0.1, -0.05) is 12.1 Å². The first-order valence-electron chi connectivity index (χ1n) is 6.43. The number of carboxylic acids is 1. The smallest absolute Gasteiger partial charge is 0.328 e. The molecule has 0 aliphatic carbocycles. The molecule has 1 N–H and O–H groups in total. The molecule has 0 saturated heterocycles. The molecule has 0 heterocycles. The number of nitro groups is 1. The van der Waals surface area contributed by atoms with Crippen molar-refractivity contribution < 1.29 is 14.8 Å². The van der Waals surface area contributed by atoms with Gasteiger partial charge in [0.25, 0.3) is 5.69 Å². The number of nitrogens with zero attached hydrogens (tertiary/aromatic N) is 2. The molecule has 0 fully saturated rings. The van der Waals surface area contributed by atoms with E-state index in [1.165, 1.54) is 12.1 Å². The van der Waals surface area contributed by atoms with Crippen LogP contribution in [0, 0.1) is 10.1 Å². The Morgan fingerprint density at radius 2 is 2.19 bits per heavy atom. The lowest BCUT2D eigenvalue weighted by Crippen LogP contribution is -2.31. The zero-order chi connectivity index (χ0) is 16.0. The van der Waals surface area contributed by atoms with Crippen LogP contribution in [-0.2, 0) is 4.79 Å². The topological polar surface area (TPSA) is 83.7 Å². The van der Waals surface area contributed by atoms with Crippen LogP contribution in [0.25, 0.3) is 6.08 Å². The van der Waals surface area contributed by atoms with Crippen molar-refractivity contribution in [3.63, 3.8) is 0 Å². The lowest BCUT2D eigenvalue weighted by atomic mass is 10.1. The third-order valence-corrected chi connectivity index (χ3v) is 2.87. The minimum Gasteiger partial charge on any atom is -0.478 e. The summed E-state index contributed by atoms with van der Waals surface area (Å²) in [5.41, 5.74) is 0.899. The van der Waals surface area contributed by atoms with Gasteiger partial charge in [0.1, 0.15) is 5.69 Å². The molecule has 0 atom stereocenters. The fourth-order valence-electron chi connectivity index (χ4n) is 1.93. The van der Waals surface area contributed by atoms with Crippen molar-refractivity contribution in [1.29, 1.82) is 0 Å². The van der Waals surface area contributed by atoms with Crippen LogP contribution in [0.15, 0.2) is 36.9 Å². The summed E-state index contributed by atoms with van der Waals surface area (Å²) in [5, 5.41) is 19.9. The van der Waals surface area contributed by atoms with Crippen LogP contribution in [0.3, 0.4) is 0 Å². The second-order valence-corrected chi connectivity index (χ2v) is 4.71. The van der Waals surface area contributed by atoms with Crippen molar-refractivity contribution in [1.82, 2.24) is 0 Å². The fraction of sp³-hybridized carbons (Fsp3) is 0.267. The number of hydrogen-bond acceptors (Lipinski definition) is 4. The molecule has 0 saturated carbocycles. The Morgan fingerprint density at radius 3 is 2.67 bits per heavy atom. The van der Waals surface area contributed by atoms with Crippen molar-refractivity contribution in [3.8, 4) is 0 Å². The van der Waals surface area contributed by atoms with Gasteiger partial charge in [0.15, 0.2) is 0 Å². The molecule has 0 bridgehead atoms. The summed E-state index contributed by atoms with van der Waals surface area (Å²) in [6, 6.07) is 4.72. The van der Waals surface area contributed by atoms with Crippen LogP contribution in [-0.4, -0.2) is 28.6 Å². The van der Waals surface area contributed by atoms with Gasteiger partial charge in [-0.05, 0) is 31.6 Å². The highest BCUT2D eigenvalue weighted by Crippen LogP contribution is 2.31. The van der Waals surface area contributed by atoms with E-state index in [0.29, 0.717) is 17.8 Å². The van der Waals surface area contributed by atoms with E-state index in [9.17, 15) is 14.9 Å². The summed E-state index contributed by atoms with van der Waals surface area (Å²) >= 11 is 0. The van der Waals surface area contributed by atoms with E-state index < -0.39 is 10.9 Å². The van der Waals surface area contributed by atoms with Crippen LogP contribution in [0.1, 0.15) is 19.4 Å². The number of hydrogen-bond donors (Lipinski definition) is 1. The van der Waals surface area contributed by atoms with Gasteiger partial charge >= 0.3 is 5.97 Å². The Morgan fingerprint density at radius 1 is 1.52 bits per heavy atom. The number of benzene rings is 1. The van der Waals surface area contributed by atoms with E-state index >= 15 is 0 Å². The van der Waals surface area contributed by atoms with E-state index in [4.69, 9.17) is 5.11 Å². The van der Waals surface area contributed by atoms with Crippen molar-refractivity contribution in [2.45, 2.75) is 19.9 Å². The van der Waals surface area contributed by atoms with Crippen molar-refractivity contribution >= 4 is 23.4 Å². The maximum atomic E-state index is 11.3. The first kappa shape index (κ1) is 16.4. The molecular weight excluding hydrogens is 272 g/mol. The predicted octanol–water partition coefficient (Wildman–Crippen LogP) is 3.09. The molecule has 6 nitrogen and oxygen atoms in total. The molecule has 1 aromatic rings. The molecule has 6 heteroatoms. The Hall–Kier alpha value is -2.63. The molecular formula is C15H18N2O4. The van der Waals surface area contributed by atoms with Gasteiger partial charge in [0, 0.05) is 24.7 Å². The number of anilines is 1. The predicted molar refractivity (Wildman–Crippen MR) is 82.4 cm³/mol. The third-order valence-electron chi connectivity index (χ3n) is 2.87. The summed E-state index contributed by atoms with van der Waals surface area (Å²) in [6.45, 7) is 8.02. The normalized spacial score (nSPS) is 10.8. The van der Waals surface area contributed by atoms with E-state index in [2.05, 4.69) is 6.58 Å². The lowest BCUT2D eigenvalue weighted by Gasteiger charge is -2.27. The van der Waals surface area contributed by atoms with Crippen LogP contribution in [0.2, 0.25) is 0 Å². The molecule has 21 heavy (non-hydrogen) atoms. The summed E-state index contributed by atoms with van der Waals surface area (Å²) in [6.07, 6.45) is 3.96. The Balaban J connectivity index is 3.29. The minimum atomic E-state index is -1.10. The Kier molecular flexibility index (Phi) is 5.66. The van der Waals surface area contributed by atoms with Gasteiger partial charge in [-0.2, -0.15) is 0 Å². The number of aliphatic carboxylic acids is 1. The second-order valence-electron chi connectivity index (χ2n) is 4.71. The highest BCUT2D eigenvalue weighted by Gasteiger charge is 2.20. The van der Waals surface area contributed by atoms with E-state index in [-0.39, 0.29) is 11.7 Å². The Labute approximate surface area is 123 Å². The zero-order valence-electron chi connectivity index (χ0n) is 12.0. The van der Waals surface area contributed by atoms with Crippen LogP contribution in [0.5, 0.6) is 0 Å². The van der Waals surface area contributed by atoms with E-state index in [1.807, 2.05) is 18.7 Å². The summed E-state index contributed by atoms with van der Waals surface area (Å²) < 4.78 is 0. The zero-order valence-corrected chi connectivity index (χ0v) is 12.0. The standard InChI is InChI=1S/C15H18N2O4/c1-4-9-16(11(2)3)13-7-5-12(6-8-15(18)19)10-14(13)17(20)21/h4-8,10-11H,1,9H2,2-3H3,(H,18,19)/b8-6+. The summed E-state index contributed by atoms with van der Waals surface area (Å²) in [4.78, 5) is 23.1. The molecule has 0 amide bonds. The lowest BCUT2D eigenvalue weighted by molar-refractivity contribution is -0.384. The van der Waals surface area contributed by atoms with Crippen LogP contribution >= 0.6 is 0 Å². The van der Waals surface area contributed by atoms with Crippen LogP contribution < -0.4 is 4.90 Å². The largest absolute Gasteiger partial charge is 0.478 e. The van der Waals surface area contributed by atoms with E-state index in [0.717, 1.165) is 6.08 Å². The van der Waals surface area contributed by atoms with Gasteiger partial charge in [0.05, 0.1) is 4.92 Å².